The van der Waals surface area contributed by atoms with Crippen LogP contribution < -0.4 is 0 Å². The number of ether oxygens (including phenoxy) is 1. The van der Waals surface area contributed by atoms with Gasteiger partial charge in [0.05, 0.1) is 29.1 Å². The fourth-order valence-electron chi connectivity index (χ4n) is 2.47. The van der Waals surface area contributed by atoms with Gasteiger partial charge in [-0.25, -0.2) is 4.98 Å². The maximum absolute atomic E-state index is 6.26. The van der Waals surface area contributed by atoms with Gasteiger partial charge in [0.15, 0.2) is 0 Å². The van der Waals surface area contributed by atoms with Gasteiger partial charge < -0.3 is 9.30 Å². The second-order valence-corrected chi connectivity index (χ2v) is 6.18. The Morgan fingerprint density at radius 2 is 2.39 bits per heavy atom. The summed E-state index contributed by atoms with van der Waals surface area (Å²) >= 11 is 9.78. The lowest BCUT2D eigenvalue weighted by Gasteiger charge is -2.16. The van der Waals surface area contributed by atoms with Crippen molar-refractivity contribution in [2.75, 3.05) is 13.2 Å². The highest BCUT2D eigenvalue weighted by Crippen LogP contribution is 2.32. The molecule has 1 saturated heterocycles. The monoisotopic (exact) mass is 328 g/mol. The van der Waals surface area contributed by atoms with Gasteiger partial charge in [-0.3, -0.25) is 0 Å². The highest BCUT2D eigenvalue weighted by molar-refractivity contribution is 9.10. The van der Waals surface area contributed by atoms with E-state index in [1.165, 1.54) is 0 Å². The summed E-state index contributed by atoms with van der Waals surface area (Å²) in [5.41, 5.74) is 2.12. The summed E-state index contributed by atoms with van der Waals surface area (Å²) < 4.78 is 8.79. The molecular weight excluding hydrogens is 316 g/mol. The standard InChI is InChI=1S/C13H14BrClN2O/c1-8(15)13-16-11-3-2-9(14)6-12(11)17(13)10-4-5-18-7-10/h2-3,6,8,10H,4-5,7H2,1H3. The van der Waals surface area contributed by atoms with Gasteiger partial charge in [-0.15, -0.1) is 11.6 Å². The van der Waals surface area contributed by atoms with Crippen LogP contribution in [0.4, 0.5) is 0 Å². The van der Waals surface area contributed by atoms with Gasteiger partial charge in [0.2, 0.25) is 0 Å². The Labute approximate surface area is 119 Å². The fourth-order valence-corrected chi connectivity index (χ4v) is 2.98. The number of nitrogens with zero attached hydrogens (tertiary/aromatic N) is 2. The van der Waals surface area contributed by atoms with Crippen molar-refractivity contribution in [3.63, 3.8) is 0 Å². The molecule has 1 aliphatic heterocycles. The summed E-state index contributed by atoms with van der Waals surface area (Å²) in [6.45, 7) is 3.52. The Bertz CT molecular complexity index is 576. The number of rotatable bonds is 2. The predicted octanol–water partition coefficient (Wildman–Crippen LogP) is 4.06. The van der Waals surface area contributed by atoms with Crippen molar-refractivity contribution in [3.8, 4) is 0 Å². The maximum atomic E-state index is 6.26. The van der Waals surface area contributed by atoms with Crippen LogP contribution in [0.3, 0.4) is 0 Å². The average Bonchev–Trinajstić information content (AvgIpc) is 2.93. The van der Waals surface area contributed by atoms with Crippen LogP contribution in [-0.4, -0.2) is 22.8 Å². The molecule has 1 aromatic carbocycles. The van der Waals surface area contributed by atoms with Crippen LogP contribution in [0.25, 0.3) is 11.0 Å². The van der Waals surface area contributed by atoms with Gasteiger partial charge in [-0.1, -0.05) is 15.9 Å². The van der Waals surface area contributed by atoms with E-state index in [2.05, 4.69) is 31.5 Å². The normalized spacial score (nSPS) is 21.6. The van der Waals surface area contributed by atoms with Crippen LogP contribution in [0, 0.1) is 0 Å². The van der Waals surface area contributed by atoms with Crippen LogP contribution in [0.1, 0.15) is 30.6 Å². The largest absolute Gasteiger partial charge is 0.379 e. The van der Waals surface area contributed by atoms with Crippen molar-refractivity contribution < 1.29 is 4.74 Å². The highest BCUT2D eigenvalue weighted by atomic mass is 79.9. The van der Waals surface area contributed by atoms with E-state index in [-0.39, 0.29) is 5.38 Å². The van der Waals surface area contributed by atoms with Gasteiger partial charge in [-0.05, 0) is 31.5 Å². The first kappa shape index (κ1) is 12.5. The second kappa shape index (κ2) is 4.83. The first-order valence-corrected chi connectivity index (χ1v) is 7.29. The zero-order chi connectivity index (χ0) is 12.7. The summed E-state index contributed by atoms with van der Waals surface area (Å²) in [6, 6.07) is 6.48. The SMILES string of the molecule is CC(Cl)c1nc2ccc(Br)cc2n1C1CCOC1. The zero-order valence-electron chi connectivity index (χ0n) is 10.1. The lowest BCUT2D eigenvalue weighted by molar-refractivity contribution is 0.186. The Balaban J connectivity index is 2.22. The summed E-state index contributed by atoms with van der Waals surface area (Å²) in [7, 11) is 0. The zero-order valence-corrected chi connectivity index (χ0v) is 12.4. The molecule has 2 aromatic rings. The summed E-state index contributed by atoms with van der Waals surface area (Å²) in [4.78, 5) is 4.65. The maximum Gasteiger partial charge on any atom is 0.128 e. The third-order valence-corrected chi connectivity index (χ3v) is 3.99. The Kier molecular flexibility index (Phi) is 3.34. The molecule has 2 heterocycles. The van der Waals surface area contributed by atoms with Crippen LogP contribution in [0.5, 0.6) is 0 Å². The predicted molar refractivity (Wildman–Crippen MR) is 76.2 cm³/mol. The molecule has 3 rings (SSSR count). The fraction of sp³-hybridized carbons (Fsp3) is 0.462. The van der Waals surface area contributed by atoms with Crippen molar-refractivity contribution in [1.82, 2.24) is 9.55 Å². The summed E-state index contributed by atoms with van der Waals surface area (Å²) in [5, 5.41) is -0.100. The molecule has 5 heteroatoms. The Morgan fingerprint density at radius 3 is 3.06 bits per heavy atom. The number of hydrogen-bond acceptors (Lipinski definition) is 2. The minimum atomic E-state index is -0.100. The van der Waals surface area contributed by atoms with Crippen LogP contribution in [0.2, 0.25) is 0 Å². The van der Waals surface area contributed by atoms with E-state index >= 15 is 0 Å². The molecule has 2 unspecified atom stereocenters. The number of alkyl halides is 1. The molecule has 0 aliphatic carbocycles. The van der Waals surface area contributed by atoms with Gasteiger partial charge in [0.25, 0.3) is 0 Å². The van der Waals surface area contributed by atoms with Crippen LogP contribution >= 0.6 is 27.5 Å². The first-order chi connectivity index (χ1) is 8.66. The quantitative estimate of drug-likeness (QED) is 0.777. The molecule has 96 valence electrons. The minimum absolute atomic E-state index is 0.100. The Morgan fingerprint density at radius 1 is 1.56 bits per heavy atom. The lowest BCUT2D eigenvalue weighted by Crippen LogP contribution is -2.12. The molecule has 0 amide bonds. The lowest BCUT2D eigenvalue weighted by atomic mass is 10.2. The number of halogens is 2. The van der Waals surface area contributed by atoms with Crippen molar-refractivity contribution in [2.24, 2.45) is 0 Å². The van der Waals surface area contributed by atoms with E-state index in [1.54, 1.807) is 0 Å². The third kappa shape index (κ3) is 2.06. The van der Waals surface area contributed by atoms with Crippen LogP contribution in [0.15, 0.2) is 22.7 Å². The number of imidazole rings is 1. The minimum Gasteiger partial charge on any atom is -0.379 e. The molecular formula is C13H14BrClN2O. The molecule has 0 N–H and O–H groups in total. The van der Waals surface area contributed by atoms with Gasteiger partial charge in [0.1, 0.15) is 5.82 Å². The molecule has 0 saturated carbocycles. The van der Waals surface area contributed by atoms with Gasteiger partial charge in [0, 0.05) is 11.1 Å². The molecule has 1 fully saturated rings. The molecule has 0 spiro atoms. The van der Waals surface area contributed by atoms with Crippen molar-refractivity contribution in [3.05, 3.63) is 28.5 Å². The number of benzene rings is 1. The second-order valence-electron chi connectivity index (χ2n) is 4.61. The molecule has 1 aromatic heterocycles. The number of aromatic nitrogens is 2. The van der Waals surface area contributed by atoms with E-state index < -0.39 is 0 Å². The van der Waals surface area contributed by atoms with Crippen molar-refractivity contribution in [1.29, 1.82) is 0 Å². The molecule has 0 bridgehead atoms. The van der Waals surface area contributed by atoms with Crippen molar-refractivity contribution >= 4 is 38.6 Å². The Hall–Kier alpha value is -0.580. The first-order valence-electron chi connectivity index (χ1n) is 6.06. The van der Waals surface area contributed by atoms with E-state index in [4.69, 9.17) is 16.3 Å². The van der Waals surface area contributed by atoms with E-state index in [0.717, 1.165) is 41.0 Å². The summed E-state index contributed by atoms with van der Waals surface area (Å²) in [5.74, 6) is 0.931. The topological polar surface area (TPSA) is 27.1 Å². The van der Waals surface area contributed by atoms with Gasteiger partial charge in [-0.2, -0.15) is 0 Å². The molecule has 2 atom stereocenters. The molecule has 0 radical (unpaired) electrons. The molecule has 1 aliphatic rings. The molecule has 18 heavy (non-hydrogen) atoms. The highest BCUT2D eigenvalue weighted by Gasteiger charge is 2.24. The van der Waals surface area contributed by atoms with E-state index in [1.807, 2.05) is 19.1 Å². The van der Waals surface area contributed by atoms with Crippen LogP contribution in [-0.2, 0) is 4.74 Å². The molecule has 3 nitrogen and oxygen atoms in total. The van der Waals surface area contributed by atoms with E-state index in [9.17, 15) is 0 Å². The third-order valence-electron chi connectivity index (χ3n) is 3.31. The number of fused-ring (bicyclic) bond motifs is 1. The smallest absolute Gasteiger partial charge is 0.128 e. The van der Waals surface area contributed by atoms with E-state index in [0.29, 0.717) is 6.04 Å². The summed E-state index contributed by atoms with van der Waals surface area (Å²) in [6.07, 6.45) is 1.02. The van der Waals surface area contributed by atoms with Gasteiger partial charge >= 0.3 is 0 Å². The number of hydrogen-bond donors (Lipinski definition) is 0. The van der Waals surface area contributed by atoms with Crippen molar-refractivity contribution in [2.45, 2.75) is 24.8 Å². The average molecular weight is 330 g/mol.